The maximum Gasteiger partial charge on any atom is 0.216 e. The van der Waals surface area contributed by atoms with Crippen molar-refractivity contribution in [1.82, 2.24) is 0 Å². The molecule has 0 fully saturated rings. The van der Waals surface area contributed by atoms with E-state index < -0.39 is 9.84 Å². The molecule has 146 valence electrons. The Balaban J connectivity index is 1.78. The molecule has 0 spiro atoms. The number of allylic oxidation sites excluding steroid dienone is 1. The molecule has 3 aromatic rings. The number of ether oxygens (including phenoxy) is 1. The largest absolute Gasteiger partial charge is 0.489 e. The van der Waals surface area contributed by atoms with Crippen LogP contribution in [-0.2, 0) is 16.4 Å². The predicted octanol–water partition coefficient (Wildman–Crippen LogP) is 5.91. The van der Waals surface area contributed by atoms with Crippen molar-refractivity contribution in [1.29, 1.82) is 5.26 Å². The molecule has 3 aromatic carbocycles. The molecule has 0 saturated carbocycles. The van der Waals surface area contributed by atoms with Crippen LogP contribution in [0.1, 0.15) is 11.1 Å². The lowest BCUT2D eigenvalue weighted by atomic mass is 10.2. The topological polar surface area (TPSA) is 67.2 Å². The zero-order valence-electron chi connectivity index (χ0n) is 15.0. The van der Waals surface area contributed by atoms with Gasteiger partial charge in [0.1, 0.15) is 23.3 Å². The van der Waals surface area contributed by atoms with Crippen LogP contribution in [0.25, 0.3) is 6.08 Å². The van der Waals surface area contributed by atoms with Crippen LogP contribution in [0.3, 0.4) is 0 Å². The zero-order chi connectivity index (χ0) is 20.9. The minimum Gasteiger partial charge on any atom is -0.489 e. The van der Waals surface area contributed by atoms with Gasteiger partial charge in [-0.05, 0) is 48.0 Å². The Hall–Kier alpha value is -2.78. The molecule has 0 aliphatic heterocycles. The van der Waals surface area contributed by atoms with E-state index in [1.807, 2.05) is 0 Å². The molecule has 0 heterocycles. The van der Waals surface area contributed by atoms with Crippen molar-refractivity contribution in [3.05, 3.63) is 98.9 Å². The highest BCUT2D eigenvalue weighted by Crippen LogP contribution is 2.26. The van der Waals surface area contributed by atoms with E-state index >= 15 is 0 Å². The van der Waals surface area contributed by atoms with Gasteiger partial charge in [-0.2, -0.15) is 5.26 Å². The number of rotatable bonds is 6. The molecule has 0 aliphatic rings. The maximum atomic E-state index is 12.6. The first-order chi connectivity index (χ1) is 13.9. The normalized spacial score (nSPS) is 11.7. The first-order valence-electron chi connectivity index (χ1n) is 8.49. The molecule has 0 amide bonds. The number of nitrogens with zero attached hydrogens (tertiary/aromatic N) is 1. The van der Waals surface area contributed by atoms with Crippen molar-refractivity contribution in [2.24, 2.45) is 0 Å². The van der Waals surface area contributed by atoms with Crippen molar-refractivity contribution < 1.29 is 13.2 Å². The van der Waals surface area contributed by atoms with Gasteiger partial charge >= 0.3 is 0 Å². The highest BCUT2D eigenvalue weighted by atomic mass is 35.5. The molecule has 0 unspecified atom stereocenters. The second-order valence-electron chi connectivity index (χ2n) is 5.99. The molecule has 3 rings (SSSR count). The van der Waals surface area contributed by atoms with E-state index in [0.717, 1.165) is 0 Å². The summed E-state index contributed by atoms with van der Waals surface area (Å²) in [5, 5.41) is 10.4. The van der Waals surface area contributed by atoms with Crippen molar-refractivity contribution in [2.45, 2.75) is 11.5 Å². The highest BCUT2D eigenvalue weighted by molar-refractivity contribution is 7.95. The van der Waals surface area contributed by atoms with Crippen molar-refractivity contribution in [3.63, 3.8) is 0 Å². The van der Waals surface area contributed by atoms with Crippen LogP contribution in [-0.4, -0.2) is 8.42 Å². The quantitative estimate of drug-likeness (QED) is 0.444. The van der Waals surface area contributed by atoms with Gasteiger partial charge in [-0.1, -0.05) is 59.6 Å². The fourth-order valence-electron chi connectivity index (χ4n) is 2.53. The molecule has 7 heteroatoms. The van der Waals surface area contributed by atoms with Crippen molar-refractivity contribution in [2.75, 3.05) is 0 Å². The lowest BCUT2D eigenvalue weighted by Gasteiger charge is -2.09. The Morgan fingerprint density at radius 3 is 2.14 bits per heavy atom. The molecule has 0 radical (unpaired) electrons. The van der Waals surface area contributed by atoms with Gasteiger partial charge in [0.2, 0.25) is 9.84 Å². The van der Waals surface area contributed by atoms with Gasteiger partial charge in [-0.25, -0.2) is 8.42 Å². The molecule has 29 heavy (non-hydrogen) atoms. The van der Waals surface area contributed by atoms with Crippen LogP contribution in [0.5, 0.6) is 5.75 Å². The fourth-order valence-corrected chi connectivity index (χ4v) is 4.22. The molecule has 4 nitrogen and oxygen atoms in total. The summed E-state index contributed by atoms with van der Waals surface area (Å²) in [4.78, 5) is -0.260. The number of sulfone groups is 1. The van der Waals surface area contributed by atoms with Gasteiger partial charge < -0.3 is 4.74 Å². The Morgan fingerprint density at radius 2 is 1.55 bits per heavy atom. The van der Waals surface area contributed by atoms with E-state index in [9.17, 15) is 13.7 Å². The lowest BCUT2D eigenvalue weighted by Crippen LogP contribution is -2.03. The number of hydrogen-bond donors (Lipinski definition) is 0. The van der Waals surface area contributed by atoms with E-state index in [0.29, 0.717) is 26.9 Å². The van der Waals surface area contributed by atoms with E-state index in [1.165, 1.54) is 18.2 Å². The number of nitriles is 1. The van der Waals surface area contributed by atoms with Gasteiger partial charge in [0.15, 0.2) is 0 Å². The summed E-state index contributed by atoms with van der Waals surface area (Å²) >= 11 is 12.3. The summed E-state index contributed by atoms with van der Waals surface area (Å²) < 4.78 is 30.9. The number of benzene rings is 3. The molecule has 0 saturated heterocycles. The Bertz CT molecular complexity index is 1160. The smallest absolute Gasteiger partial charge is 0.216 e. The molecule has 0 bridgehead atoms. The molecular formula is C22H15Cl2NO3S. The van der Waals surface area contributed by atoms with E-state index in [4.69, 9.17) is 27.9 Å². The van der Waals surface area contributed by atoms with Crippen LogP contribution in [0.4, 0.5) is 0 Å². The number of halogens is 2. The van der Waals surface area contributed by atoms with Crippen LogP contribution >= 0.6 is 23.2 Å². The minimum atomic E-state index is -3.88. The molecule has 0 aromatic heterocycles. The fraction of sp³-hybridized carbons (Fsp3) is 0.0455. The summed E-state index contributed by atoms with van der Waals surface area (Å²) in [6, 6.07) is 21.5. The third-order valence-electron chi connectivity index (χ3n) is 4.08. The van der Waals surface area contributed by atoms with Gasteiger partial charge in [0, 0.05) is 15.6 Å². The van der Waals surface area contributed by atoms with E-state index in [1.54, 1.807) is 66.7 Å². The third-order valence-corrected chi connectivity index (χ3v) is 6.47. The molecule has 0 atom stereocenters. The second-order valence-corrected chi connectivity index (χ2v) is 8.73. The lowest BCUT2D eigenvalue weighted by molar-refractivity contribution is 0.306. The predicted molar refractivity (Wildman–Crippen MR) is 114 cm³/mol. The van der Waals surface area contributed by atoms with E-state index in [-0.39, 0.29) is 16.4 Å². The average Bonchev–Trinajstić information content (AvgIpc) is 2.73. The molecule has 0 aliphatic carbocycles. The van der Waals surface area contributed by atoms with Crippen LogP contribution in [0, 0.1) is 11.3 Å². The summed E-state index contributed by atoms with van der Waals surface area (Å²) in [6.45, 7) is 0.194. The average molecular weight is 444 g/mol. The zero-order valence-corrected chi connectivity index (χ0v) is 17.4. The first-order valence-corrected chi connectivity index (χ1v) is 10.7. The summed E-state index contributed by atoms with van der Waals surface area (Å²) in [5.74, 6) is 0.558. The SMILES string of the molecule is N#C/C(=C/c1ccc(OCc2c(Cl)cccc2Cl)cc1)S(=O)(=O)c1ccccc1. The minimum absolute atomic E-state index is 0.0735. The van der Waals surface area contributed by atoms with Gasteiger partial charge in [0.25, 0.3) is 0 Å². The highest BCUT2D eigenvalue weighted by Gasteiger charge is 2.20. The van der Waals surface area contributed by atoms with Crippen LogP contribution < -0.4 is 4.74 Å². The monoisotopic (exact) mass is 443 g/mol. The second kappa shape index (κ2) is 9.15. The summed E-state index contributed by atoms with van der Waals surface area (Å²) in [6.07, 6.45) is 1.33. The summed E-state index contributed by atoms with van der Waals surface area (Å²) in [7, 11) is -3.88. The van der Waals surface area contributed by atoms with Crippen LogP contribution in [0.15, 0.2) is 82.6 Å². The first kappa shape index (κ1) is 20.9. The Kier molecular flexibility index (Phi) is 6.60. The van der Waals surface area contributed by atoms with Gasteiger partial charge in [-0.3, -0.25) is 0 Å². The van der Waals surface area contributed by atoms with Crippen molar-refractivity contribution >= 4 is 39.1 Å². The third kappa shape index (κ3) is 4.99. The van der Waals surface area contributed by atoms with E-state index in [2.05, 4.69) is 0 Å². The molecular weight excluding hydrogens is 429 g/mol. The Morgan fingerprint density at radius 1 is 0.931 bits per heavy atom. The number of hydrogen-bond acceptors (Lipinski definition) is 4. The van der Waals surface area contributed by atoms with Gasteiger partial charge in [-0.15, -0.1) is 0 Å². The summed E-state index contributed by atoms with van der Waals surface area (Å²) in [5.41, 5.74) is 1.24. The van der Waals surface area contributed by atoms with Crippen LogP contribution in [0.2, 0.25) is 10.0 Å². The standard InChI is InChI=1S/C22H15Cl2NO3S/c23-21-7-4-8-22(24)20(21)15-28-17-11-9-16(10-12-17)13-19(14-25)29(26,27)18-5-2-1-3-6-18/h1-13H,15H2/b19-13-. The van der Waals surface area contributed by atoms with Gasteiger partial charge in [0.05, 0.1) is 4.90 Å². The maximum absolute atomic E-state index is 12.6. The molecule has 0 N–H and O–H groups in total. The van der Waals surface area contributed by atoms with Crippen molar-refractivity contribution in [3.8, 4) is 11.8 Å². The Labute approximate surface area is 179 Å².